The quantitative estimate of drug-likeness (QED) is 0.730. The molecule has 0 saturated carbocycles. The fourth-order valence-electron chi connectivity index (χ4n) is 0.626. The van der Waals surface area contributed by atoms with Gasteiger partial charge in [-0.3, -0.25) is 4.79 Å². The van der Waals surface area contributed by atoms with Crippen LogP contribution in [0.15, 0.2) is 22.8 Å². The van der Waals surface area contributed by atoms with Gasteiger partial charge < -0.3 is 4.74 Å². The number of hydrogen-bond donors (Lipinski definition) is 0. The van der Waals surface area contributed by atoms with Crippen LogP contribution in [0.3, 0.4) is 0 Å². The summed E-state index contributed by atoms with van der Waals surface area (Å²) in [6.07, 6.45) is 1.92. The number of ether oxygens (including phenoxy) is 1. The molecule has 64 valence electrons. The van der Waals surface area contributed by atoms with Crippen LogP contribution >= 0.6 is 15.9 Å². The highest BCUT2D eigenvalue weighted by Gasteiger charge is 2.05. The molecule has 1 heterocycles. The highest BCUT2D eigenvalue weighted by atomic mass is 79.9. The minimum atomic E-state index is -0.283. The van der Waals surface area contributed by atoms with Crippen LogP contribution in [0.25, 0.3) is 0 Å². The van der Waals surface area contributed by atoms with E-state index in [9.17, 15) is 4.79 Å². The van der Waals surface area contributed by atoms with Gasteiger partial charge in [0.05, 0.1) is 4.47 Å². The average molecular weight is 230 g/mol. The highest BCUT2D eigenvalue weighted by Crippen LogP contribution is 2.20. The number of esters is 1. The van der Waals surface area contributed by atoms with Gasteiger partial charge in [0.1, 0.15) is 0 Å². The van der Waals surface area contributed by atoms with E-state index >= 15 is 0 Å². The minimum absolute atomic E-state index is 0.283. The van der Waals surface area contributed by atoms with Crippen LogP contribution in [0.2, 0.25) is 0 Å². The van der Waals surface area contributed by atoms with Crippen LogP contribution in [-0.4, -0.2) is 11.0 Å². The molecular weight excluding hydrogens is 222 g/mol. The van der Waals surface area contributed by atoms with E-state index in [-0.39, 0.29) is 5.97 Å². The van der Waals surface area contributed by atoms with Gasteiger partial charge in [-0.1, -0.05) is 6.92 Å². The summed E-state index contributed by atoms with van der Waals surface area (Å²) in [6.45, 7) is 1.74. The third-order valence-electron chi connectivity index (χ3n) is 1.22. The molecule has 3 nitrogen and oxygen atoms in total. The Hall–Kier alpha value is -0.900. The number of rotatable bonds is 2. The molecule has 4 heteroatoms. The minimum Gasteiger partial charge on any atom is -0.406 e. The second-order valence-electron chi connectivity index (χ2n) is 2.12. The summed E-state index contributed by atoms with van der Waals surface area (Å²) in [6, 6.07) is 3.53. The summed E-state index contributed by atoms with van der Waals surface area (Å²) in [5.74, 6) is 0.0405. The van der Waals surface area contributed by atoms with Gasteiger partial charge in [-0.15, -0.1) is 0 Å². The summed E-state index contributed by atoms with van der Waals surface area (Å²) >= 11 is 3.21. The van der Waals surface area contributed by atoms with Crippen molar-refractivity contribution in [2.45, 2.75) is 13.3 Å². The van der Waals surface area contributed by atoms with E-state index in [4.69, 9.17) is 4.74 Å². The predicted octanol–water partition coefficient (Wildman–Crippen LogP) is 2.16. The Morgan fingerprint density at radius 2 is 2.50 bits per heavy atom. The summed E-state index contributed by atoms with van der Waals surface area (Å²) in [7, 11) is 0. The van der Waals surface area contributed by atoms with E-state index in [0.29, 0.717) is 16.8 Å². The molecule has 0 N–H and O–H groups in total. The monoisotopic (exact) mass is 229 g/mol. The fraction of sp³-hybridized carbons (Fsp3) is 0.250. The predicted molar refractivity (Wildman–Crippen MR) is 47.9 cm³/mol. The maximum absolute atomic E-state index is 10.9. The van der Waals surface area contributed by atoms with E-state index in [1.807, 2.05) is 0 Å². The second-order valence-corrected chi connectivity index (χ2v) is 2.97. The molecule has 0 spiro atoms. The number of aromatic nitrogens is 1. The van der Waals surface area contributed by atoms with Crippen molar-refractivity contribution in [2.75, 3.05) is 0 Å². The van der Waals surface area contributed by atoms with Crippen molar-refractivity contribution in [2.24, 2.45) is 0 Å². The smallest absolute Gasteiger partial charge is 0.312 e. The van der Waals surface area contributed by atoms with Crippen molar-refractivity contribution in [1.29, 1.82) is 0 Å². The molecule has 0 aliphatic carbocycles. The molecule has 1 aromatic heterocycles. The third-order valence-corrected chi connectivity index (χ3v) is 1.83. The van der Waals surface area contributed by atoms with Gasteiger partial charge in [-0.25, -0.2) is 4.98 Å². The topological polar surface area (TPSA) is 39.2 Å². The fourth-order valence-corrected chi connectivity index (χ4v) is 0.962. The lowest BCUT2D eigenvalue weighted by Gasteiger charge is -2.01. The van der Waals surface area contributed by atoms with Crippen LogP contribution in [0.5, 0.6) is 5.88 Å². The van der Waals surface area contributed by atoms with Crippen molar-refractivity contribution in [1.82, 2.24) is 4.98 Å². The van der Waals surface area contributed by atoms with E-state index < -0.39 is 0 Å². The summed E-state index contributed by atoms with van der Waals surface area (Å²) < 4.78 is 5.58. The zero-order chi connectivity index (χ0) is 8.97. The Kier molecular flexibility index (Phi) is 3.22. The molecule has 0 radical (unpaired) electrons. The lowest BCUT2D eigenvalue weighted by molar-refractivity contribution is -0.134. The largest absolute Gasteiger partial charge is 0.406 e. The first-order chi connectivity index (χ1) is 5.74. The molecule has 0 aliphatic heterocycles. The lowest BCUT2D eigenvalue weighted by atomic mass is 10.5. The zero-order valence-electron chi connectivity index (χ0n) is 6.58. The number of nitrogens with zero attached hydrogens (tertiary/aromatic N) is 1. The van der Waals surface area contributed by atoms with Gasteiger partial charge in [0, 0.05) is 12.6 Å². The van der Waals surface area contributed by atoms with Crippen molar-refractivity contribution in [3.05, 3.63) is 22.8 Å². The molecule has 0 fully saturated rings. The molecule has 1 rings (SSSR count). The summed E-state index contributed by atoms with van der Waals surface area (Å²) in [4.78, 5) is 14.7. The van der Waals surface area contributed by atoms with Gasteiger partial charge in [-0.2, -0.15) is 0 Å². The molecule has 0 bridgehead atoms. The molecule has 0 aliphatic rings. The summed E-state index contributed by atoms with van der Waals surface area (Å²) in [5, 5.41) is 0. The Bertz CT molecular complexity index is 288. The number of pyridine rings is 1. The van der Waals surface area contributed by atoms with E-state index in [0.717, 1.165) is 0 Å². The second kappa shape index (κ2) is 4.21. The maximum atomic E-state index is 10.9. The first kappa shape index (κ1) is 9.19. The third kappa shape index (κ3) is 2.30. The van der Waals surface area contributed by atoms with Gasteiger partial charge >= 0.3 is 5.97 Å². The molecule has 0 unspecified atom stereocenters. The van der Waals surface area contributed by atoms with Crippen LogP contribution in [-0.2, 0) is 4.79 Å². The van der Waals surface area contributed by atoms with Crippen LogP contribution in [0.1, 0.15) is 13.3 Å². The Morgan fingerprint density at radius 1 is 1.75 bits per heavy atom. The van der Waals surface area contributed by atoms with Gasteiger partial charge in [0.2, 0.25) is 5.88 Å². The van der Waals surface area contributed by atoms with Gasteiger partial charge in [0.25, 0.3) is 0 Å². The molecule has 12 heavy (non-hydrogen) atoms. The maximum Gasteiger partial charge on any atom is 0.312 e. The molecule has 1 aromatic rings. The molecule has 0 atom stereocenters. The van der Waals surface area contributed by atoms with Crippen molar-refractivity contribution >= 4 is 21.9 Å². The lowest BCUT2D eigenvalue weighted by Crippen LogP contribution is -2.06. The molecule has 0 saturated heterocycles. The van der Waals surface area contributed by atoms with Crippen molar-refractivity contribution in [3.63, 3.8) is 0 Å². The van der Waals surface area contributed by atoms with Gasteiger partial charge in [-0.05, 0) is 28.1 Å². The average Bonchev–Trinajstić information content (AvgIpc) is 2.09. The van der Waals surface area contributed by atoms with Crippen LogP contribution in [0, 0.1) is 0 Å². The standard InChI is InChI=1S/C8H8BrNO2/c1-2-7(11)12-8-6(9)4-3-5-10-8/h3-5H,2H2,1H3. The Morgan fingerprint density at radius 3 is 3.08 bits per heavy atom. The first-order valence-electron chi connectivity index (χ1n) is 3.55. The van der Waals surface area contributed by atoms with E-state index in [2.05, 4.69) is 20.9 Å². The van der Waals surface area contributed by atoms with E-state index in [1.54, 1.807) is 25.3 Å². The number of halogens is 1. The zero-order valence-corrected chi connectivity index (χ0v) is 8.17. The van der Waals surface area contributed by atoms with Crippen LogP contribution < -0.4 is 4.74 Å². The highest BCUT2D eigenvalue weighted by molar-refractivity contribution is 9.10. The van der Waals surface area contributed by atoms with Crippen molar-refractivity contribution in [3.8, 4) is 5.88 Å². The molecular formula is C8H8BrNO2. The van der Waals surface area contributed by atoms with Crippen molar-refractivity contribution < 1.29 is 9.53 Å². The molecule has 0 aromatic carbocycles. The normalized spacial score (nSPS) is 9.50. The van der Waals surface area contributed by atoms with E-state index in [1.165, 1.54) is 0 Å². The molecule has 0 amide bonds. The number of hydrogen-bond acceptors (Lipinski definition) is 3. The first-order valence-corrected chi connectivity index (χ1v) is 4.34. The Balaban J connectivity index is 2.75. The number of carbonyl (C=O) groups excluding carboxylic acids is 1. The summed E-state index contributed by atoms with van der Waals surface area (Å²) in [5.41, 5.74) is 0. The Labute approximate surface area is 78.9 Å². The van der Waals surface area contributed by atoms with Gasteiger partial charge in [0.15, 0.2) is 0 Å². The van der Waals surface area contributed by atoms with Crippen LogP contribution in [0.4, 0.5) is 0 Å². The number of carbonyl (C=O) groups is 1. The SMILES string of the molecule is CCC(=O)Oc1ncccc1Br.